The molecule has 3 aromatic carbocycles. The van der Waals surface area contributed by atoms with Crippen molar-refractivity contribution < 1.29 is 22.7 Å². The van der Waals surface area contributed by atoms with E-state index in [1.807, 2.05) is 42.6 Å². The maximum Gasteiger partial charge on any atom is 0.417 e. The molecule has 1 amide bonds. The molecule has 34 heavy (non-hydrogen) atoms. The highest BCUT2D eigenvalue weighted by Crippen LogP contribution is 2.41. The molecule has 0 fully saturated rings. The molecule has 172 valence electrons. The highest BCUT2D eigenvalue weighted by molar-refractivity contribution is 6.07. The van der Waals surface area contributed by atoms with Crippen LogP contribution in [0.2, 0.25) is 0 Å². The fraction of sp³-hybridized carbons (Fsp3) is 0.148. The average molecular weight is 462 g/mol. The van der Waals surface area contributed by atoms with Crippen LogP contribution in [0.5, 0.6) is 5.75 Å². The van der Waals surface area contributed by atoms with E-state index in [0.29, 0.717) is 18.7 Å². The lowest BCUT2D eigenvalue weighted by molar-refractivity contribution is -0.137. The first-order chi connectivity index (χ1) is 16.4. The van der Waals surface area contributed by atoms with E-state index in [1.165, 1.54) is 31.4 Å². The van der Waals surface area contributed by atoms with Gasteiger partial charge in [0, 0.05) is 35.2 Å². The van der Waals surface area contributed by atoms with Gasteiger partial charge in [0.15, 0.2) is 0 Å². The molecule has 1 aliphatic heterocycles. The van der Waals surface area contributed by atoms with Crippen molar-refractivity contribution in [2.75, 3.05) is 12.0 Å². The van der Waals surface area contributed by atoms with Crippen LogP contribution >= 0.6 is 0 Å². The van der Waals surface area contributed by atoms with Gasteiger partial charge in [0.25, 0.3) is 5.91 Å². The maximum absolute atomic E-state index is 13.7. The zero-order valence-electron chi connectivity index (χ0n) is 18.3. The number of halogens is 3. The number of aromatic nitrogens is 1. The Morgan fingerprint density at radius 1 is 0.882 bits per heavy atom. The minimum absolute atomic E-state index is 0.00351. The molecule has 0 bridgehead atoms. The lowest BCUT2D eigenvalue weighted by Gasteiger charge is -2.23. The molecule has 7 heteroatoms. The van der Waals surface area contributed by atoms with Gasteiger partial charge in [-0.25, -0.2) is 0 Å². The normalized spacial score (nSPS) is 13.1. The Morgan fingerprint density at radius 2 is 1.65 bits per heavy atom. The molecule has 0 N–H and O–H groups in total. The van der Waals surface area contributed by atoms with Crippen LogP contribution in [0.25, 0.3) is 11.1 Å². The minimum atomic E-state index is -4.51. The SMILES string of the molecule is COc1cc(C(=O)N2Cc3cccn3Cc3ccccc32)ccc1-c1ccccc1C(F)(F)F. The molecule has 0 radical (unpaired) electrons. The fourth-order valence-electron chi connectivity index (χ4n) is 4.43. The molecule has 4 aromatic rings. The van der Waals surface area contributed by atoms with Gasteiger partial charge in [-0.2, -0.15) is 13.2 Å². The van der Waals surface area contributed by atoms with Crippen LogP contribution in [0, 0.1) is 0 Å². The Labute approximate surface area is 194 Å². The number of anilines is 1. The second-order valence-electron chi connectivity index (χ2n) is 8.11. The summed E-state index contributed by atoms with van der Waals surface area (Å²) in [6.45, 7) is 1.03. The number of benzene rings is 3. The third kappa shape index (κ3) is 3.83. The Hall–Kier alpha value is -4.00. The molecule has 5 rings (SSSR count). The van der Waals surface area contributed by atoms with Crippen molar-refractivity contribution >= 4 is 11.6 Å². The molecule has 0 aliphatic carbocycles. The van der Waals surface area contributed by atoms with Crippen LogP contribution in [0.1, 0.15) is 27.2 Å². The smallest absolute Gasteiger partial charge is 0.417 e. The van der Waals surface area contributed by atoms with Crippen LogP contribution in [-0.4, -0.2) is 17.6 Å². The first kappa shape index (κ1) is 21.8. The quantitative estimate of drug-likeness (QED) is 0.354. The number of carbonyl (C=O) groups is 1. The van der Waals surface area contributed by atoms with E-state index in [1.54, 1.807) is 17.0 Å². The molecular formula is C27H21F3N2O2. The van der Waals surface area contributed by atoms with Crippen molar-refractivity contribution in [1.29, 1.82) is 0 Å². The van der Waals surface area contributed by atoms with Gasteiger partial charge in [-0.1, -0.05) is 36.4 Å². The number of methoxy groups -OCH3 is 1. The van der Waals surface area contributed by atoms with Gasteiger partial charge in [0.05, 0.1) is 19.2 Å². The third-order valence-electron chi connectivity index (χ3n) is 6.08. The number of ether oxygens (including phenoxy) is 1. The summed E-state index contributed by atoms with van der Waals surface area (Å²) in [6, 6.07) is 21.6. The summed E-state index contributed by atoms with van der Waals surface area (Å²) in [5, 5.41) is 0. The van der Waals surface area contributed by atoms with Gasteiger partial charge in [-0.05, 0) is 53.6 Å². The maximum atomic E-state index is 13.7. The van der Waals surface area contributed by atoms with Crippen molar-refractivity contribution in [3.8, 4) is 16.9 Å². The number of para-hydroxylation sites is 1. The first-order valence-corrected chi connectivity index (χ1v) is 10.8. The predicted molar refractivity (Wildman–Crippen MR) is 124 cm³/mol. The monoisotopic (exact) mass is 462 g/mol. The van der Waals surface area contributed by atoms with Gasteiger partial charge < -0.3 is 14.2 Å². The van der Waals surface area contributed by atoms with E-state index in [9.17, 15) is 18.0 Å². The summed E-state index contributed by atoms with van der Waals surface area (Å²) < 4.78 is 48.3. The van der Waals surface area contributed by atoms with E-state index in [4.69, 9.17) is 4.74 Å². The summed E-state index contributed by atoms with van der Waals surface area (Å²) in [5.74, 6) is -0.0508. The van der Waals surface area contributed by atoms with Crippen LogP contribution in [0.15, 0.2) is 85.1 Å². The number of hydrogen-bond acceptors (Lipinski definition) is 2. The lowest BCUT2D eigenvalue weighted by atomic mass is 9.97. The minimum Gasteiger partial charge on any atom is -0.496 e. The van der Waals surface area contributed by atoms with Crippen LogP contribution in [0.3, 0.4) is 0 Å². The molecule has 1 aromatic heterocycles. The fourth-order valence-corrected chi connectivity index (χ4v) is 4.43. The van der Waals surface area contributed by atoms with E-state index in [2.05, 4.69) is 4.57 Å². The van der Waals surface area contributed by atoms with Gasteiger partial charge in [0.2, 0.25) is 0 Å². The largest absolute Gasteiger partial charge is 0.496 e. The lowest BCUT2D eigenvalue weighted by Crippen LogP contribution is -2.30. The number of amides is 1. The Kier molecular flexibility index (Phi) is 5.40. The average Bonchev–Trinajstić information content (AvgIpc) is 3.21. The van der Waals surface area contributed by atoms with Gasteiger partial charge in [0.1, 0.15) is 5.75 Å². The van der Waals surface area contributed by atoms with Crippen LogP contribution < -0.4 is 9.64 Å². The molecule has 0 atom stereocenters. The summed E-state index contributed by atoms with van der Waals surface area (Å²) in [5.41, 5.74) is 2.66. The predicted octanol–water partition coefficient (Wildman–Crippen LogP) is 6.39. The Morgan fingerprint density at radius 3 is 2.44 bits per heavy atom. The molecule has 0 saturated carbocycles. The van der Waals surface area contributed by atoms with Crippen molar-refractivity contribution in [3.05, 3.63) is 107 Å². The van der Waals surface area contributed by atoms with Gasteiger partial charge in [-0.15, -0.1) is 0 Å². The second kappa shape index (κ2) is 8.41. The standard InChI is InChI=1S/C27H21F3N2O2/c1-34-25-15-18(12-13-22(25)21-9-3-4-10-23(21)27(28,29)30)26(33)32-17-20-8-6-14-31(20)16-19-7-2-5-11-24(19)32/h2-15H,16-17H2,1H3. The highest BCUT2D eigenvalue weighted by atomic mass is 19.4. The second-order valence-corrected chi connectivity index (χ2v) is 8.11. The number of fused-ring (bicyclic) bond motifs is 2. The highest BCUT2D eigenvalue weighted by Gasteiger charge is 2.34. The number of hydrogen-bond donors (Lipinski definition) is 0. The first-order valence-electron chi connectivity index (χ1n) is 10.8. The Balaban J connectivity index is 1.57. The summed E-state index contributed by atoms with van der Waals surface area (Å²) >= 11 is 0. The zero-order chi connectivity index (χ0) is 23.9. The molecule has 2 heterocycles. The number of alkyl halides is 3. The van der Waals surface area contributed by atoms with Crippen LogP contribution in [-0.2, 0) is 19.3 Å². The zero-order valence-corrected chi connectivity index (χ0v) is 18.3. The van der Waals surface area contributed by atoms with Crippen molar-refractivity contribution in [2.24, 2.45) is 0 Å². The molecule has 0 unspecified atom stereocenters. The summed E-state index contributed by atoms with van der Waals surface area (Å²) in [4.78, 5) is 15.4. The third-order valence-corrected chi connectivity index (χ3v) is 6.08. The number of carbonyl (C=O) groups excluding carboxylic acids is 1. The van der Waals surface area contributed by atoms with Crippen molar-refractivity contribution in [2.45, 2.75) is 19.3 Å². The number of rotatable bonds is 3. The summed E-state index contributed by atoms with van der Waals surface area (Å²) in [6.07, 6.45) is -2.53. The number of nitrogens with zero attached hydrogens (tertiary/aromatic N) is 2. The molecule has 0 saturated heterocycles. The van der Waals surface area contributed by atoms with E-state index >= 15 is 0 Å². The van der Waals surface area contributed by atoms with Crippen molar-refractivity contribution in [1.82, 2.24) is 4.57 Å². The topological polar surface area (TPSA) is 34.5 Å². The Bertz CT molecular complexity index is 1370. The molecule has 4 nitrogen and oxygen atoms in total. The van der Waals surface area contributed by atoms with E-state index in [0.717, 1.165) is 23.0 Å². The summed E-state index contributed by atoms with van der Waals surface area (Å²) in [7, 11) is 1.39. The van der Waals surface area contributed by atoms with Crippen molar-refractivity contribution in [3.63, 3.8) is 0 Å². The molecule has 1 aliphatic rings. The van der Waals surface area contributed by atoms with E-state index < -0.39 is 11.7 Å². The van der Waals surface area contributed by atoms with Crippen LogP contribution in [0.4, 0.5) is 18.9 Å². The van der Waals surface area contributed by atoms with Gasteiger partial charge >= 0.3 is 6.18 Å². The molecule has 0 spiro atoms. The molecular weight excluding hydrogens is 441 g/mol. The van der Waals surface area contributed by atoms with E-state index in [-0.39, 0.29) is 22.8 Å². The van der Waals surface area contributed by atoms with Gasteiger partial charge in [-0.3, -0.25) is 4.79 Å².